The number of hydrogen-bond donors (Lipinski definition) is 0. The van der Waals surface area contributed by atoms with Crippen LogP contribution in [0.1, 0.15) is 20.3 Å². The van der Waals surface area contributed by atoms with E-state index in [4.69, 9.17) is 9.57 Å². The second-order valence-electron chi connectivity index (χ2n) is 2.38. The van der Waals surface area contributed by atoms with Gasteiger partial charge < -0.3 is 9.57 Å². The van der Waals surface area contributed by atoms with Crippen molar-refractivity contribution in [1.82, 2.24) is 0 Å². The highest BCUT2D eigenvalue weighted by molar-refractivity contribution is 5.89. The average molecular weight is 157 g/mol. The third-order valence-electron chi connectivity index (χ3n) is 1.37. The van der Waals surface area contributed by atoms with Gasteiger partial charge in [-0.05, 0) is 13.8 Å². The molecule has 0 N–H and O–H groups in total. The van der Waals surface area contributed by atoms with Crippen molar-refractivity contribution in [2.24, 2.45) is 5.16 Å². The van der Waals surface area contributed by atoms with Crippen molar-refractivity contribution in [3.63, 3.8) is 0 Å². The van der Waals surface area contributed by atoms with Crippen LogP contribution in [0.3, 0.4) is 0 Å². The molecule has 1 aliphatic heterocycles. The molecule has 0 spiro atoms. The van der Waals surface area contributed by atoms with Gasteiger partial charge in [-0.15, -0.1) is 0 Å². The molecule has 0 aliphatic carbocycles. The van der Waals surface area contributed by atoms with Crippen LogP contribution in [0.15, 0.2) is 5.16 Å². The van der Waals surface area contributed by atoms with Crippen LogP contribution in [-0.4, -0.2) is 24.4 Å². The highest BCUT2D eigenvalue weighted by Crippen LogP contribution is 2.11. The van der Waals surface area contributed by atoms with Gasteiger partial charge in [0.2, 0.25) is 6.10 Å². The van der Waals surface area contributed by atoms with E-state index in [0.717, 1.165) is 5.71 Å². The molecule has 0 aromatic heterocycles. The van der Waals surface area contributed by atoms with E-state index in [2.05, 4.69) is 5.16 Å². The summed E-state index contributed by atoms with van der Waals surface area (Å²) in [6, 6.07) is 0. The molecule has 4 heteroatoms. The Kier molecular flexibility index (Phi) is 2.46. The van der Waals surface area contributed by atoms with E-state index in [1.165, 1.54) is 0 Å². The topological polar surface area (TPSA) is 47.9 Å². The molecule has 1 rings (SSSR count). The Bertz CT molecular complexity index is 188. The molecule has 0 aromatic carbocycles. The van der Waals surface area contributed by atoms with Crippen molar-refractivity contribution in [3.8, 4) is 0 Å². The SMILES string of the molecule is CCOC(=O)C1CC(C)=NO1. The van der Waals surface area contributed by atoms with Crippen LogP contribution in [0.25, 0.3) is 0 Å². The Morgan fingerprint density at radius 2 is 2.64 bits per heavy atom. The van der Waals surface area contributed by atoms with Crippen molar-refractivity contribution in [3.05, 3.63) is 0 Å². The first-order chi connectivity index (χ1) is 5.24. The zero-order valence-corrected chi connectivity index (χ0v) is 6.66. The fourth-order valence-corrected chi connectivity index (χ4v) is 0.858. The van der Waals surface area contributed by atoms with E-state index < -0.39 is 6.10 Å². The van der Waals surface area contributed by atoms with E-state index in [1.54, 1.807) is 6.92 Å². The third kappa shape index (κ3) is 1.93. The van der Waals surface area contributed by atoms with Crippen LogP contribution >= 0.6 is 0 Å². The van der Waals surface area contributed by atoms with Gasteiger partial charge in [0.25, 0.3) is 0 Å². The number of hydrogen-bond acceptors (Lipinski definition) is 4. The summed E-state index contributed by atoms with van der Waals surface area (Å²) in [5, 5.41) is 3.64. The highest BCUT2D eigenvalue weighted by atomic mass is 16.7. The first-order valence-corrected chi connectivity index (χ1v) is 3.60. The quantitative estimate of drug-likeness (QED) is 0.555. The normalized spacial score (nSPS) is 22.4. The summed E-state index contributed by atoms with van der Waals surface area (Å²) in [5.74, 6) is -0.326. The fourth-order valence-electron chi connectivity index (χ4n) is 0.858. The molecular formula is C7H11NO3. The van der Waals surface area contributed by atoms with Gasteiger partial charge in [-0.1, -0.05) is 5.16 Å². The maximum Gasteiger partial charge on any atom is 0.350 e. The number of esters is 1. The molecular weight excluding hydrogens is 146 g/mol. The van der Waals surface area contributed by atoms with Gasteiger partial charge in [0.05, 0.1) is 12.3 Å². The first-order valence-electron chi connectivity index (χ1n) is 3.60. The number of nitrogens with zero attached hydrogens (tertiary/aromatic N) is 1. The summed E-state index contributed by atoms with van der Waals surface area (Å²) in [5.41, 5.74) is 0.836. The van der Waals surface area contributed by atoms with Gasteiger partial charge >= 0.3 is 5.97 Å². The molecule has 62 valence electrons. The van der Waals surface area contributed by atoms with Gasteiger partial charge in [-0.3, -0.25) is 0 Å². The van der Waals surface area contributed by atoms with Crippen molar-refractivity contribution in [2.45, 2.75) is 26.4 Å². The van der Waals surface area contributed by atoms with Crippen LogP contribution in [0.2, 0.25) is 0 Å². The van der Waals surface area contributed by atoms with Crippen LogP contribution in [0.4, 0.5) is 0 Å². The summed E-state index contributed by atoms with van der Waals surface area (Å²) in [7, 11) is 0. The number of carbonyl (C=O) groups is 1. The maximum absolute atomic E-state index is 11.0. The van der Waals surface area contributed by atoms with Gasteiger partial charge in [0, 0.05) is 6.42 Å². The molecule has 0 saturated heterocycles. The molecule has 1 aliphatic rings. The van der Waals surface area contributed by atoms with Gasteiger partial charge in [-0.25, -0.2) is 4.79 Å². The molecule has 1 heterocycles. The lowest BCUT2D eigenvalue weighted by Gasteiger charge is -2.05. The predicted molar refractivity (Wildman–Crippen MR) is 39.2 cm³/mol. The number of oxime groups is 1. The van der Waals surface area contributed by atoms with E-state index in [0.29, 0.717) is 13.0 Å². The maximum atomic E-state index is 11.0. The molecule has 0 fully saturated rings. The summed E-state index contributed by atoms with van der Waals surface area (Å²) in [6.07, 6.45) is 0.0497. The predicted octanol–water partition coefficient (Wildman–Crippen LogP) is 0.714. The Morgan fingerprint density at radius 1 is 1.91 bits per heavy atom. The highest BCUT2D eigenvalue weighted by Gasteiger charge is 2.26. The first kappa shape index (κ1) is 8.04. The van der Waals surface area contributed by atoms with E-state index in [-0.39, 0.29) is 5.97 Å². The third-order valence-corrected chi connectivity index (χ3v) is 1.37. The summed E-state index contributed by atoms with van der Waals surface area (Å²) in [6.45, 7) is 3.97. The number of carbonyl (C=O) groups excluding carboxylic acids is 1. The molecule has 1 atom stereocenters. The zero-order valence-electron chi connectivity index (χ0n) is 6.66. The Morgan fingerprint density at radius 3 is 3.09 bits per heavy atom. The second kappa shape index (κ2) is 3.37. The molecule has 0 amide bonds. The number of ether oxygens (including phenoxy) is 1. The van der Waals surface area contributed by atoms with Crippen molar-refractivity contribution in [2.75, 3.05) is 6.61 Å². The van der Waals surface area contributed by atoms with E-state index >= 15 is 0 Å². The lowest BCUT2D eigenvalue weighted by atomic mass is 10.2. The minimum absolute atomic E-state index is 0.326. The fraction of sp³-hybridized carbons (Fsp3) is 0.714. The Hall–Kier alpha value is -1.06. The molecule has 11 heavy (non-hydrogen) atoms. The minimum Gasteiger partial charge on any atom is -0.463 e. The Balaban J connectivity index is 2.34. The van der Waals surface area contributed by atoms with Crippen LogP contribution in [-0.2, 0) is 14.4 Å². The molecule has 1 unspecified atom stereocenters. The van der Waals surface area contributed by atoms with Crippen molar-refractivity contribution < 1.29 is 14.4 Å². The summed E-state index contributed by atoms with van der Waals surface area (Å²) in [4.78, 5) is 15.8. The number of rotatable bonds is 2. The van der Waals surface area contributed by atoms with Crippen LogP contribution < -0.4 is 0 Å². The average Bonchev–Trinajstić information content (AvgIpc) is 2.36. The molecule has 0 radical (unpaired) electrons. The van der Waals surface area contributed by atoms with Gasteiger partial charge in [0.1, 0.15) is 0 Å². The van der Waals surface area contributed by atoms with E-state index in [1.807, 2.05) is 6.92 Å². The van der Waals surface area contributed by atoms with Gasteiger partial charge in [0.15, 0.2) is 0 Å². The smallest absolute Gasteiger partial charge is 0.350 e. The Labute approximate surface area is 65.2 Å². The summed E-state index contributed by atoms with van der Waals surface area (Å²) >= 11 is 0. The van der Waals surface area contributed by atoms with Crippen molar-refractivity contribution in [1.29, 1.82) is 0 Å². The zero-order chi connectivity index (χ0) is 8.27. The minimum atomic E-state index is -0.505. The largest absolute Gasteiger partial charge is 0.463 e. The van der Waals surface area contributed by atoms with Gasteiger partial charge in [-0.2, -0.15) is 0 Å². The lowest BCUT2D eigenvalue weighted by Crippen LogP contribution is -2.22. The standard InChI is InChI=1S/C7H11NO3/c1-3-10-7(9)6-4-5(2)8-11-6/h6H,3-4H2,1-2H3. The lowest BCUT2D eigenvalue weighted by molar-refractivity contribution is -0.154. The summed E-state index contributed by atoms with van der Waals surface area (Å²) < 4.78 is 4.74. The molecule has 0 saturated carbocycles. The van der Waals surface area contributed by atoms with Crippen molar-refractivity contribution >= 4 is 11.7 Å². The molecule has 0 aromatic rings. The van der Waals surface area contributed by atoms with Crippen LogP contribution in [0.5, 0.6) is 0 Å². The van der Waals surface area contributed by atoms with E-state index in [9.17, 15) is 4.79 Å². The second-order valence-corrected chi connectivity index (χ2v) is 2.38. The molecule has 4 nitrogen and oxygen atoms in total. The van der Waals surface area contributed by atoms with Crippen LogP contribution in [0, 0.1) is 0 Å². The monoisotopic (exact) mass is 157 g/mol. The molecule has 0 bridgehead atoms.